The Labute approximate surface area is 127 Å². The topological polar surface area (TPSA) is 44.5 Å². The first-order valence-electron chi connectivity index (χ1n) is 8.29. The number of ether oxygens (including phenoxy) is 2. The molecule has 0 spiro atoms. The molecule has 2 atom stereocenters. The highest BCUT2D eigenvalue weighted by molar-refractivity contribution is 5.39. The van der Waals surface area contributed by atoms with Crippen molar-refractivity contribution in [1.29, 1.82) is 0 Å². The zero-order chi connectivity index (χ0) is 14.7. The normalized spacial score (nSPS) is 28.2. The Bertz CT molecular complexity index is 488. The van der Waals surface area contributed by atoms with Crippen LogP contribution in [0.2, 0.25) is 0 Å². The maximum Gasteiger partial charge on any atom is 0.122 e. The quantitative estimate of drug-likeness (QED) is 0.906. The van der Waals surface area contributed by atoms with Gasteiger partial charge in [-0.25, -0.2) is 0 Å². The molecule has 3 heteroatoms. The zero-order valence-corrected chi connectivity index (χ0v) is 13.1. The van der Waals surface area contributed by atoms with Gasteiger partial charge in [0, 0.05) is 13.0 Å². The van der Waals surface area contributed by atoms with Gasteiger partial charge in [-0.15, -0.1) is 0 Å². The molecule has 1 aromatic carbocycles. The van der Waals surface area contributed by atoms with E-state index in [0.717, 1.165) is 50.6 Å². The highest BCUT2D eigenvalue weighted by atomic mass is 16.5. The monoisotopic (exact) mass is 289 g/mol. The average Bonchev–Trinajstić information content (AvgIpc) is 2.95. The van der Waals surface area contributed by atoms with Crippen LogP contribution in [0.25, 0.3) is 0 Å². The fourth-order valence-corrected chi connectivity index (χ4v) is 3.77. The number of fused-ring (bicyclic) bond motifs is 1. The summed E-state index contributed by atoms with van der Waals surface area (Å²) < 4.78 is 11.8. The van der Waals surface area contributed by atoms with E-state index in [1.807, 2.05) is 0 Å². The molecule has 3 rings (SSSR count). The molecular weight excluding hydrogens is 262 g/mol. The van der Waals surface area contributed by atoms with Crippen molar-refractivity contribution in [1.82, 2.24) is 0 Å². The van der Waals surface area contributed by atoms with Gasteiger partial charge in [0.25, 0.3) is 0 Å². The Morgan fingerprint density at radius 3 is 3.14 bits per heavy atom. The van der Waals surface area contributed by atoms with Crippen LogP contribution in [-0.2, 0) is 17.6 Å². The molecule has 3 nitrogen and oxygen atoms in total. The molecule has 1 aliphatic heterocycles. The minimum absolute atomic E-state index is 0.0719. The molecule has 0 radical (unpaired) electrons. The largest absolute Gasteiger partial charge is 0.493 e. The molecule has 1 fully saturated rings. The van der Waals surface area contributed by atoms with Gasteiger partial charge in [0.1, 0.15) is 5.75 Å². The Kier molecular flexibility index (Phi) is 4.51. The fraction of sp³-hybridized carbons (Fsp3) is 0.667. The van der Waals surface area contributed by atoms with E-state index in [0.29, 0.717) is 6.54 Å². The SMILES string of the molecule is CC1CCCC(CN)(OCCc2ccc3c(c2)CCO3)C1. The van der Waals surface area contributed by atoms with Crippen LogP contribution in [0.3, 0.4) is 0 Å². The number of hydrogen-bond acceptors (Lipinski definition) is 3. The summed E-state index contributed by atoms with van der Waals surface area (Å²) in [6.07, 6.45) is 6.79. The molecule has 0 bridgehead atoms. The van der Waals surface area contributed by atoms with Gasteiger partial charge in [0.15, 0.2) is 0 Å². The molecule has 0 saturated heterocycles. The first-order chi connectivity index (χ1) is 10.2. The van der Waals surface area contributed by atoms with Gasteiger partial charge >= 0.3 is 0 Å². The first-order valence-corrected chi connectivity index (χ1v) is 8.29. The summed E-state index contributed by atoms with van der Waals surface area (Å²) >= 11 is 0. The second-order valence-electron chi connectivity index (χ2n) is 6.73. The molecule has 1 aromatic rings. The summed E-state index contributed by atoms with van der Waals surface area (Å²) in [7, 11) is 0. The number of hydrogen-bond donors (Lipinski definition) is 1. The standard InChI is InChI=1S/C18H27NO2/c1-14-3-2-8-18(12-14,13-19)21-10-6-15-4-5-17-16(11-15)7-9-20-17/h4-5,11,14H,2-3,6-10,12-13,19H2,1H3. The predicted molar refractivity (Wildman–Crippen MR) is 84.7 cm³/mol. The maximum absolute atomic E-state index is 6.26. The Morgan fingerprint density at radius 2 is 2.33 bits per heavy atom. The van der Waals surface area contributed by atoms with E-state index in [9.17, 15) is 0 Å². The molecule has 1 heterocycles. The Balaban J connectivity index is 1.55. The summed E-state index contributed by atoms with van der Waals surface area (Å²) in [6, 6.07) is 6.52. The second kappa shape index (κ2) is 6.37. The summed E-state index contributed by atoms with van der Waals surface area (Å²) in [4.78, 5) is 0. The molecule has 116 valence electrons. The van der Waals surface area contributed by atoms with Crippen molar-refractivity contribution in [3.63, 3.8) is 0 Å². The Hall–Kier alpha value is -1.06. The maximum atomic E-state index is 6.26. The lowest BCUT2D eigenvalue weighted by atomic mass is 9.79. The highest BCUT2D eigenvalue weighted by Gasteiger charge is 2.34. The van der Waals surface area contributed by atoms with Gasteiger partial charge in [-0.1, -0.05) is 31.9 Å². The van der Waals surface area contributed by atoms with Gasteiger partial charge < -0.3 is 15.2 Å². The lowest BCUT2D eigenvalue weighted by molar-refractivity contribution is -0.0730. The van der Waals surface area contributed by atoms with Crippen LogP contribution in [-0.4, -0.2) is 25.4 Å². The van der Waals surface area contributed by atoms with Gasteiger partial charge in [-0.05, 0) is 42.4 Å². The molecule has 2 aliphatic rings. The van der Waals surface area contributed by atoms with E-state index in [4.69, 9.17) is 15.2 Å². The van der Waals surface area contributed by atoms with Crippen molar-refractivity contribution in [2.24, 2.45) is 11.7 Å². The van der Waals surface area contributed by atoms with E-state index >= 15 is 0 Å². The van der Waals surface area contributed by atoms with Crippen molar-refractivity contribution in [2.45, 2.75) is 51.0 Å². The lowest BCUT2D eigenvalue weighted by Gasteiger charge is -2.39. The van der Waals surface area contributed by atoms with Crippen molar-refractivity contribution in [3.05, 3.63) is 29.3 Å². The number of rotatable bonds is 5. The second-order valence-corrected chi connectivity index (χ2v) is 6.73. The van der Waals surface area contributed by atoms with Crippen molar-refractivity contribution >= 4 is 0 Å². The third-order valence-electron chi connectivity index (χ3n) is 4.97. The minimum Gasteiger partial charge on any atom is -0.493 e. The van der Waals surface area contributed by atoms with Crippen LogP contribution >= 0.6 is 0 Å². The molecule has 1 saturated carbocycles. The van der Waals surface area contributed by atoms with Crippen molar-refractivity contribution in [3.8, 4) is 5.75 Å². The average molecular weight is 289 g/mol. The van der Waals surface area contributed by atoms with Gasteiger partial charge in [0.05, 0.1) is 18.8 Å². The first kappa shape index (κ1) is 14.9. The predicted octanol–water partition coefficient (Wildman–Crippen LogP) is 3.09. The molecule has 2 N–H and O–H groups in total. The summed E-state index contributed by atoms with van der Waals surface area (Å²) in [5.74, 6) is 1.79. The third-order valence-corrected chi connectivity index (χ3v) is 4.97. The number of benzene rings is 1. The lowest BCUT2D eigenvalue weighted by Crippen LogP contribution is -2.45. The van der Waals surface area contributed by atoms with Crippen molar-refractivity contribution < 1.29 is 9.47 Å². The molecule has 21 heavy (non-hydrogen) atoms. The van der Waals surface area contributed by atoms with Crippen LogP contribution in [0.5, 0.6) is 5.75 Å². The summed E-state index contributed by atoms with van der Waals surface area (Å²) in [5, 5.41) is 0. The zero-order valence-electron chi connectivity index (χ0n) is 13.1. The summed E-state index contributed by atoms with van der Waals surface area (Å²) in [5.41, 5.74) is 8.62. The van der Waals surface area contributed by atoms with E-state index in [1.54, 1.807) is 0 Å². The summed E-state index contributed by atoms with van der Waals surface area (Å²) in [6.45, 7) is 4.55. The third kappa shape index (κ3) is 3.41. The van der Waals surface area contributed by atoms with E-state index < -0.39 is 0 Å². The molecular formula is C18H27NO2. The smallest absolute Gasteiger partial charge is 0.122 e. The van der Waals surface area contributed by atoms with Crippen LogP contribution in [0, 0.1) is 5.92 Å². The fourth-order valence-electron chi connectivity index (χ4n) is 3.77. The van der Waals surface area contributed by atoms with E-state index in [2.05, 4.69) is 25.1 Å². The van der Waals surface area contributed by atoms with Gasteiger partial charge in [-0.2, -0.15) is 0 Å². The van der Waals surface area contributed by atoms with Crippen LogP contribution in [0.4, 0.5) is 0 Å². The minimum atomic E-state index is -0.0719. The van der Waals surface area contributed by atoms with Crippen LogP contribution in [0.15, 0.2) is 18.2 Å². The van der Waals surface area contributed by atoms with Gasteiger partial charge in [-0.3, -0.25) is 0 Å². The molecule has 0 aromatic heterocycles. The van der Waals surface area contributed by atoms with Crippen LogP contribution in [0.1, 0.15) is 43.7 Å². The van der Waals surface area contributed by atoms with E-state index in [-0.39, 0.29) is 5.60 Å². The highest BCUT2D eigenvalue weighted by Crippen LogP contribution is 2.34. The Morgan fingerprint density at radius 1 is 1.43 bits per heavy atom. The molecule has 2 unspecified atom stereocenters. The van der Waals surface area contributed by atoms with Crippen molar-refractivity contribution in [2.75, 3.05) is 19.8 Å². The van der Waals surface area contributed by atoms with Crippen LogP contribution < -0.4 is 10.5 Å². The number of nitrogens with two attached hydrogens (primary N) is 1. The van der Waals surface area contributed by atoms with Gasteiger partial charge in [0.2, 0.25) is 0 Å². The molecule has 0 amide bonds. The van der Waals surface area contributed by atoms with E-state index in [1.165, 1.54) is 24.0 Å². The molecule has 1 aliphatic carbocycles.